The van der Waals surface area contributed by atoms with Crippen molar-refractivity contribution in [3.05, 3.63) is 64.2 Å². The molecule has 0 heterocycles. The number of aryl methyl sites for hydroxylation is 2. The van der Waals surface area contributed by atoms with Gasteiger partial charge in [0.1, 0.15) is 11.9 Å². The summed E-state index contributed by atoms with van der Waals surface area (Å²) in [5.41, 5.74) is 6.55. The number of benzene rings is 2. The molecule has 0 radical (unpaired) electrons. The zero-order valence-corrected chi connectivity index (χ0v) is 15.4. The summed E-state index contributed by atoms with van der Waals surface area (Å²) < 4.78 is 12.0. The van der Waals surface area contributed by atoms with E-state index in [0.29, 0.717) is 13.0 Å². The molecule has 0 saturated heterocycles. The molecular formula is C22H28O3. The van der Waals surface area contributed by atoms with Gasteiger partial charge in [-0.1, -0.05) is 29.8 Å². The number of hydrogen-bond donors (Lipinski definition) is 1. The van der Waals surface area contributed by atoms with Gasteiger partial charge in [-0.05, 0) is 68.0 Å². The maximum absolute atomic E-state index is 9.20. The van der Waals surface area contributed by atoms with Gasteiger partial charge in [0, 0.05) is 19.6 Å². The van der Waals surface area contributed by atoms with Crippen LogP contribution in [0.5, 0.6) is 5.75 Å². The molecule has 0 bridgehead atoms. The summed E-state index contributed by atoms with van der Waals surface area (Å²) in [6.07, 6.45) is 2.82. The van der Waals surface area contributed by atoms with E-state index >= 15 is 0 Å². The molecule has 0 spiro atoms. The first kappa shape index (κ1) is 18.0. The van der Waals surface area contributed by atoms with Crippen LogP contribution in [-0.2, 0) is 11.2 Å². The van der Waals surface area contributed by atoms with Gasteiger partial charge < -0.3 is 14.6 Å². The van der Waals surface area contributed by atoms with Crippen molar-refractivity contribution in [2.45, 2.75) is 52.2 Å². The first-order valence-electron chi connectivity index (χ1n) is 9.21. The first-order chi connectivity index (χ1) is 12.1. The standard InChI is InChI=1S/C22H28O3/c1-4-24-21(11-12-23)17-5-7-18(8-6-17)25-22-10-9-19-16(3)13-15(2)14-20(19)22/h5-8,13-14,21-23H,4,9-12H2,1-3H3/t21-,22+/m0/s1. The Hall–Kier alpha value is -1.84. The third kappa shape index (κ3) is 4.05. The molecule has 0 aromatic heterocycles. The topological polar surface area (TPSA) is 38.7 Å². The van der Waals surface area contributed by atoms with E-state index in [9.17, 15) is 5.11 Å². The van der Waals surface area contributed by atoms with Crippen molar-refractivity contribution in [2.24, 2.45) is 0 Å². The molecule has 25 heavy (non-hydrogen) atoms. The Kier molecular flexibility index (Phi) is 5.77. The second kappa shape index (κ2) is 8.03. The Morgan fingerprint density at radius 3 is 2.60 bits per heavy atom. The summed E-state index contributed by atoms with van der Waals surface area (Å²) in [5.74, 6) is 0.889. The molecule has 3 nitrogen and oxygen atoms in total. The lowest BCUT2D eigenvalue weighted by molar-refractivity contribution is 0.0431. The average Bonchev–Trinajstić information content (AvgIpc) is 2.98. The second-order valence-corrected chi connectivity index (χ2v) is 6.82. The molecule has 0 amide bonds. The lowest BCUT2D eigenvalue weighted by Gasteiger charge is -2.19. The second-order valence-electron chi connectivity index (χ2n) is 6.82. The van der Waals surface area contributed by atoms with Gasteiger partial charge in [0.2, 0.25) is 0 Å². The maximum Gasteiger partial charge on any atom is 0.124 e. The van der Waals surface area contributed by atoms with Crippen LogP contribution in [-0.4, -0.2) is 18.3 Å². The van der Waals surface area contributed by atoms with Crippen molar-refractivity contribution in [3.63, 3.8) is 0 Å². The van der Waals surface area contributed by atoms with E-state index in [1.807, 2.05) is 31.2 Å². The summed E-state index contributed by atoms with van der Waals surface area (Å²) >= 11 is 0. The molecule has 3 rings (SSSR count). The van der Waals surface area contributed by atoms with Gasteiger partial charge in [0.05, 0.1) is 6.10 Å². The van der Waals surface area contributed by atoms with Crippen LogP contribution in [0.1, 0.15) is 59.8 Å². The van der Waals surface area contributed by atoms with Gasteiger partial charge >= 0.3 is 0 Å². The van der Waals surface area contributed by atoms with E-state index < -0.39 is 0 Å². The van der Waals surface area contributed by atoms with Gasteiger partial charge in [0.15, 0.2) is 0 Å². The molecule has 1 aliphatic rings. The monoisotopic (exact) mass is 340 g/mol. The average molecular weight is 340 g/mol. The first-order valence-corrected chi connectivity index (χ1v) is 9.21. The van der Waals surface area contributed by atoms with Crippen LogP contribution in [0.15, 0.2) is 36.4 Å². The zero-order valence-electron chi connectivity index (χ0n) is 15.4. The highest BCUT2D eigenvalue weighted by Crippen LogP contribution is 2.37. The minimum Gasteiger partial charge on any atom is -0.486 e. The van der Waals surface area contributed by atoms with E-state index in [0.717, 1.165) is 24.2 Å². The molecule has 134 valence electrons. The Labute approximate surface area is 150 Å². The van der Waals surface area contributed by atoms with Crippen LogP contribution in [0, 0.1) is 13.8 Å². The molecule has 3 heteroatoms. The smallest absolute Gasteiger partial charge is 0.124 e. The molecular weight excluding hydrogens is 312 g/mol. The summed E-state index contributed by atoms with van der Waals surface area (Å²) in [6, 6.07) is 12.6. The van der Waals surface area contributed by atoms with Crippen molar-refractivity contribution < 1.29 is 14.6 Å². The fourth-order valence-electron chi connectivity index (χ4n) is 3.80. The predicted molar refractivity (Wildman–Crippen MR) is 100 cm³/mol. The summed E-state index contributed by atoms with van der Waals surface area (Å²) in [5, 5.41) is 9.20. The SMILES string of the molecule is CCO[C@@H](CCO)c1ccc(O[C@@H]2CCc3c(C)cc(C)cc32)cc1. The van der Waals surface area contributed by atoms with Gasteiger partial charge in [-0.25, -0.2) is 0 Å². The Morgan fingerprint density at radius 1 is 1.16 bits per heavy atom. The van der Waals surface area contributed by atoms with E-state index in [4.69, 9.17) is 9.47 Å². The quantitative estimate of drug-likeness (QED) is 0.784. The van der Waals surface area contributed by atoms with E-state index in [2.05, 4.69) is 26.0 Å². The number of hydrogen-bond acceptors (Lipinski definition) is 3. The van der Waals surface area contributed by atoms with Gasteiger partial charge in [-0.15, -0.1) is 0 Å². The van der Waals surface area contributed by atoms with Gasteiger partial charge in [-0.2, -0.15) is 0 Å². The van der Waals surface area contributed by atoms with Crippen molar-refractivity contribution in [2.75, 3.05) is 13.2 Å². The number of fused-ring (bicyclic) bond motifs is 1. The number of rotatable bonds is 7. The number of aliphatic hydroxyl groups excluding tert-OH is 1. The minimum absolute atomic E-state index is 0.0541. The molecule has 1 N–H and O–H groups in total. The van der Waals surface area contributed by atoms with Crippen molar-refractivity contribution >= 4 is 0 Å². The lowest BCUT2D eigenvalue weighted by Crippen LogP contribution is -2.07. The number of ether oxygens (including phenoxy) is 2. The summed E-state index contributed by atoms with van der Waals surface area (Å²) in [4.78, 5) is 0. The van der Waals surface area contributed by atoms with E-state index in [1.165, 1.54) is 22.3 Å². The molecule has 1 aliphatic carbocycles. The molecule has 0 fully saturated rings. The Morgan fingerprint density at radius 2 is 1.92 bits per heavy atom. The van der Waals surface area contributed by atoms with E-state index in [-0.39, 0.29) is 18.8 Å². The predicted octanol–water partition coefficient (Wildman–Crippen LogP) is 4.83. The molecule has 0 aliphatic heterocycles. The van der Waals surface area contributed by atoms with Crippen molar-refractivity contribution in [1.29, 1.82) is 0 Å². The normalized spacial score (nSPS) is 17.4. The maximum atomic E-state index is 9.20. The third-order valence-electron chi connectivity index (χ3n) is 4.94. The molecule has 2 aromatic rings. The fourth-order valence-corrected chi connectivity index (χ4v) is 3.80. The zero-order chi connectivity index (χ0) is 17.8. The van der Waals surface area contributed by atoms with E-state index in [1.54, 1.807) is 0 Å². The molecule has 0 unspecified atom stereocenters. The highest BCUT2D eigenvalue weighted by Gasteiger charge is 2.25. The number of aliphatic hydroxyl groups is 1. The largest absolute Gasteiger partial charge is 0.486 e. The van der Waals surface area contributed by atoms with Crippen LogP contribution < -0.4 is 4.74 Å². The summed E-state index contributed by atoms with van der Waals surface area (Å²) in [7, 11) is 0. The van der Waals surface area contributed by atoms with Crippen LogP contribution in [0.4, 0.5) is 0 Å². The van der Waals surface area contributed by atoms with Crippen LogP contribution in [0.3, 0.4) is 0 Å². The Balaban J connectivity index is 1.73. The van der Waals surface area contributed by atoms with Crippen LogP contribution >= 0.6 is 0 Å². The van der Waals surface area contributed by atoms with Crippen LogP contribution in [0.25, 0.3) is 0 Å². The van der Waals surface area contributed by atoms with Crippen LogP contribution in [0.2, 0.25) is 0 Å². The highest BCUT2D eigenvalue weighted by atomic mass is 16.5. The lowest BCUT2D eigenvalue weighted by atomic mass is 10.0. The van der Waals surface area contributed by atoms with Crippen molar-refractivity contribution in [3.8, 4) is 5.75 Å². The minimum atomic E-state index is -0.0541. The third-order valence-corrected chi connectivity index (χ3v) is 4.94. The molecule has 2 atom stereocenters. The molecule has 2 aromatic carbocycles. The highest BCUT2D eigenvalue weighted by molar-refractivity contribution is 5.43. The summed E-state index contributed by atoms with van der Waals surface area (Å²) in [6.45, 7) is 7.08. The fraction of sp³-hybridized carbons (Fsp3) is 0.455. The van der Waals surface area contributed by atoms with Gasteiger partial charge in [0.25, 0.3) is 0 Å². The molecule has 0 saturated carbocycles. The van der Waals surface area contributed by atoms with Gasteiger partial charge in [-0.3, -0.25) is 0 Å². The van der Waals surface area contributed by atoms with Crippen molar-refractivity contribution in [1.82, 2.24) is 0 Å². The Bertz CT molecular complexity index is 700.